The molecule has 2 aliphatic rings. The molecule has 1 heterocycles. The standard InChI is InChI=1S/C18H27NO/c1-14(15-7-3-2-4-8-15)13-17-16-9-5-6-10-18(16,20)11-12-19-17/h2-4,7-8,14,16-17,19-20H,5-6,9-13H2,1H3/t14-,16-,17+,18-/m1/s1. The Labute approximate surface area is 122 Å². The van der Waals surface area contributed by atoms with Crippen LogP contribution in [0.1, 0.15) is 56.9 Å². The van der Waals surface area contributed by atoms with Gasteiger partial charge in [0.2, 0.25) is 0 Å². The summed E-state index contributed by atoms with van der Waals surface area (Å²) >= 11 is 0. The largest absolute Gasteiger partial charge is 0.389 e. The number of piperidine rings is 1. The molecule has 2 heteroatoms. The second-order valence-corrected chi connectivity index (χ2v) is 6.81. The average Bonchev–Trinajstić information content (AvgIpc) is 2.48. The van der Waals surface area contributed by atoms with E-state index in [-0.39, 0.29) is 5.60 Å². The van der Waals surface area contributed by atoms with Crippen molar-refractivity contribution < 1.29 is 5.11 Å². The first-order valence-electron chi connectivity index (χ1n) is 8.20. The maximum Gasteiger partial charge on any atom is 0.0702 e. The molecule has 2 fully saturated rings. The molecule has 2 N–H and O–H groups in total. The number of hydrogen-bond donors (Lipinski definition) is 2. The van der Waals surface area contributed by atoms with Crippen LogP contribution in [0.5, 0.6) is 0 Å². The van der Waals surface area contributed by atoms with Crippen LogP contribution in [0, 0.1) is 5.92 Å². The summed E-state index contributed by atoms with van der Waals surface area (Å²) < 4.78 is 0. The zero-order chi connectivity index (χ0) is 14.0. The van der Waals surface area contributed by atoms with Crippen LogP contribution in [-0.2, 0) is 0 Å². The van der Waals surface area contributed by atoms with E-state index >= 15 is 0 Å². The summed E-state index contributed by atoms with van der Waals surface area (Å²) in [5.74, 6) is 1.01. The number of nitrogens with one attached hydrogen (secondary N) is 1. The van der Waals surface area contributed by atoms with Crippen LogP contribution >= 0.6 is 0 Å². The predicted octanol–water partition coefficient (Wildman–Crippen LogP) is 3.46. The Morgan fingerprint density at radius 1 is 1.25 bits per heavy atom. The van der Waals surface area contributed by atoms with Gasteiger partial charge in [0, 0.05) is 12.0 Å². The summed E-state index contributed by atoms with van der Waals surface area (Å²) in [7, 11) is 0. The molecule has 20 heavy (non-hydrogen) atoms. The van der Waals surface area contributed by atoms with Gasteiger partial charge < -0.3 is 10.4 Å². The van der Waals surface area contributed by atoms with E-state index in [4.69, 9.17) is 0 Å². The molecule has 0 radical (unpaired) electrons. The van der Waals surface area contributed by atoms with E-state index in [2.05, 4.69) is 42.6 Å². The van der Waals surface area contributed by atoms with Crippen molar-refractivity contribution in [1.29, 1.82) is 0 Å². The lowest BCUT2D eigenvalue weighted by Crippen LogP contribution is -2.57. The highest BCUT2D eigenvalue weighted by Gasteiger charge is 2.45. The van der Waals surface area contributed by atoms with Crippen LogP contribution in [0.2, 0.25) is 0 Å². The summed E-state index contributed by atoms with van der Waals surface area (Å²) in [6, 6.07) is 11.2. The van der Waals surface area contributed by atoms with Crippen molar-refractivity contribution in [3.8, 4) is 0 Å². The third-order valence-corrected chi connectivity index (χ3v) is 5.49. The van der Waals surface area contributed by atoms with Crippen molar-refractivity contribution in [3.63, 3.8) is 0 Å². The lowest BCUT2D eigenvalue weighted by atomic mass is 9.66. The molecule has 0 spiro atoms. The van der Waals surface area contributed by atoms with Gasteiger partial charge in [0.05, 0.1) is 5.60 Å². The van der Waals surface area contributed by atoms with E-state index in [1.807, 2.05) is 0 Å². The number of rotatable bonds is 3. The molecule has 2 nitrogen and oxygen atoms in total. The summed E-state index contributed by atoms with van der Waals surface area (Å²) in [6.45, 7) is 3.28. The van der Waals surface area contributed by atoms with Gasteiger partial charge in [-0.25, -0.2) is 0 Å². The third-order valence-electron chi connectivity index (χ3n) is 5.49. The molecule has 1 saturated heterocycles. The lowest BCUT2D eigenvalue weighted by Gasteiger charge is -2.49. The van der Waals surface area contributed by atoms with Crippen molar-refractivity contribution in [2.24, 2.45) is 5.92 Å². The van der Waals surface area contributed by atoms with Gasteiger partial charge in [-0.15, -0.1) is 0 Å². The number of hydrogen-bond acceptors (Lipinski definition) is 2. The molecular weight excluding hydrogens is 246 g/mol. The summed E-state index contributed by atoms with van der Waals surface area (Å²) in [6.07, 6.45) is 6.76. The van der Waals surface area contributed by atoms with E-state index in [0.717, 1.165) is 25.8 Å². The van der Waals surface area contributed by atoms with E-state index in [0.29, 0.717) is 17.9 Å². The molecule has 1 aliphatic heterocycles. The fourth-order valence-corrected chi connectivity index (χ4v) is 4.30. The van der Waals surface area contributed by atoms with E-state index in [1.54, 1.807) is 0 Å². The molecule has 1 aliphatic carbocycles. The molecule has 3 rings (SSSR count). The minimum absolute atomic E-state index is 0.384. The zero-order valence-electron chi connectivity index (χ0n) is 12.5. The van der Waals surface area contributed by atoms with Crippen LogP contribution < -0.4 is 5.32 Å². The Morgan fingerprint density at radius 3 is 2.85 bits per heavy atom. The smallest absolute Gasteiger partial charge is 0.0702 e. The van der Waals surface area contributed by atoms with E-state index < -0.39 is 0 Å². The fraction of sp³-hybridized carbons (Fsp3) is 0.667. The highest BCUT2D eigenvalue weighted by molar-refractivity contribution is 5.19. The normalized spacial score (nSPS) is 35.3. The highest BCUT2D eigenvalue weighted by atomic mass is 16.3. The minimum atomic E-state index is -0.384. The Bertz CT molecular complexity index is 428. The van der Waals surface area contributed by atoms with Crippen molar-refractivity contribution in [2.45, 2.75) is 63.0 Å². The van der Waals surface area contributed by atoms with Crippen molar-refractivity contribution in [3.05, 3.63) is 35.9 Å². The zero-order valence-corrected chi connectivity index (χ0v) is 12.5. The maximum absolute atomic E-state index is 10.9. The van der Waals surface area contributed by atoms with Crippen LogP contribution in [0.4, 0.5) is 0 Å². The molecule has 0 unspecified atom stereocenters. The SMILES string of the molecule is C[C@H](C[C@@H]1NCC[C@]2(O)CCCC[C@H]12)c1ccccc1. The van der Waals surface area contributed by atoms with Gasteiger partial charge in [-0.05, 0) is 43.7 Å². The van der Waals surface area contributed by atoms with E-state index in [1.165, 1.54) is 24.8 Å². The number of fused-ring (bicyclic) bond motifs is 1. The van der Waals surface area contributed by atoms with Crippen LogP contribution in [0.3, 0.4) is 0 Å². The molecule has 110 valence electrons. The monoisotopic (exact) mass is 273 g/mol. The number of aliphatic hydroxyl groups is 1. The Hall–Kier alpha value is -0.860. The summed E-state index contributed by atoms with van der Waals surface area (Å²) in [4.78, 5) is 0. The van der Waals surface area contributed by atoms with Crippen molar-refractivity contribution in [2.75, 3.05) is 6.54 Å². The van der Waals surface area contributed by atoms with Gasteiger partial charge in [-0.3, -0.25) is 0 Å². The number of benzene rings is 1. The molecule has 1 aromatic rings. The second-order valence-electron chi connectivity index (χ2n) is 6.81. The molecule has 1 saturated carbocycles. The third kappa shape index (κ3) is 2.77. The Balaban J connectivity index is 1.70. The van der Waals surface area contributed by atoms with Crippen molar-refractivity contribution in [1.82, 2.24) is 5.32 Å². The van der Waals surface area contributed by atoms with Gasteiger partial charge in [0.15, 0.2) is 0 Å². The lowest BCUT2D eigenvalue weighted by molar-refractivity contribution is -0.0869. The maximum atomic E-state index is 10.9. The highest BCUT2D eigenvalue weighted by Crippen LogP contribution is 2.42. The molecule has 4 atom stereocenters. The average molecular weight is 273 g/mol. The molecular formula is C18H27NO. The van der Waals surface area contributed by atoms with Gasteiger partial charge in [0.1, 0.15) is 0 Å². The van der Waals surface area contributed by atoms with Gasteiger partial charge in [-0.2, -0.15) is 0 Å². The van der Waals surface area contributed by atoms with Gasteiger partial charge in [0.25, 0.3) is 0 Å². The summed E-state index contributed by atoms with van der Waals surface area (Å²) in [5, 5.41) is 14.6. The molecule has 0 aromatic heterocycles. The molecule has 1 aromatic carbocycles. The second kappa shape index (κ2) is 5.87. The Kier molecular flexibility index (Phi) is 4.13. The van der Waals surface area contributed by atoms with Crippen LogP contribution in [0.25, 0.3) is 0 Å². The van der Waals surface area contributed by atoms with Crippen molar-refractivity contribution >= 4 is 0 Å². The summed E-state index contributed by atoms with van der Waals surface area (Å²) in [5.41, 5.74) is 1.03. The fourth-order valence-electron chi connectivity index (χ4n) is 4.30. The first kappa shape index (κ1) is 14.1. The molecule has 0 amide bonds. The minimum Gasteiger partial charge on any atom is -0.389 e. The van der Waals surface area contributed by atoms with Gasteiger partial charge >= 0.3 is 0 Å². The Morgan fingerprint density at radius 2 is 2.05 bits per heavy atom. The topological polar surface area (TPSA) is 32.3 Å². The first-order chi connectivity index (χ1) is 9.69. The molecule has 0 bridgehead atoms. The van der Waals surface area contributed by atoms with Crippen LogP contribution in [0.15, 0.2) is 30.3 Å². The van der Waals surface area contributed by atoms with Gasteiger partial charge in [-0.1, -0.05) is 50.1 Å². The van der Waals surface area contributed by atoms with Crippen LogP contribution in [-0.4, -0.2) is 23.3 Å². The van der Waals surface area contributed by atoms with E-state index in [9.17, 15) is 5.11 Å². The quantitative estimate of drug-likeness (QED) is 0.884. The first-order valence-corrected chi connectivity index (χ1v) is 8.20. The predicted molar refractivity (Wildman–Crippen MR) is 82.8 cm³/mol.